The Morgan fingerprint density at radius 1 is 1.00 bits per heavy atom. The smallest absolute Gasteiger partial charge is 0.243 e. The van der Waals surface area contributed by atoms with Crippen LogP contribution in [0.3, 0.4) is 0 Å². The van der Waals surface area contributed by atoms with Crippen LogP contribution in [0.2, 0.25) is 10.0 Å². The van der Waals surface area contributed by atoms with E-state index in [4.69, 9.17) is 27.9 Å². The number of nitrogens with one attached hydrogen (secondary N) is 3. The predicted octanol–water partition coefficient (Wildman–Crippen LogP) is 2.99. The molecule has 1 heterocycles. The quantitative estimate of drug-likeness (QED) is 0.535. The Labute approximate surface area is 228 Å². The average molecular weight is 549 g/mol. The van der Waals surface area contributed by atoms with Gasteiger partial charge in [0, 0.05) is 36.6 Å². The number of nitrogens with zero attached hydrogens (tertiary/aromatic N) is 1. The first-order chi connectivity index (χ1) is 17.6. The van der Waals surface area contributed by atoms with E-state index in [0.717, 1.165) is 11.1 Å². The van der Waals surface area contributed by atoms with Gasteiger partial charge in [0.2, 0.25) is 17.7 Å². The number of ether oxygens (including phenoxy) is 1. The number of carbonyl (C=O) groups is 3. The average Bonchev–Trinajstić information content (AvgIpc) is 2.86. The zero-order valence-electron chi connectivity index (χ0n) is 21.4. The topological polar surface area (TPSA) is 99.8 Å². The molecule has 0 unspecified atom stereocenters. The summed E-state index contributed by atoms with van der Waals surface area (Å²) < 4.78 is 6.10. The van der Waals surface area contributed by atoms with Crippen LogP contribution in [0.5, 0.6) is 5.75 Å². The van der Waals surface area contributed by atoms with E-state index in [0.29, 0.717) is 41.7 Å². The van der Waals surface area contributed by atoms with Gasteiger partial charge in [0.15, 0.2) is 0 Å². The lowest BCUT2D eigenvalue weighted by atomic mass is 10.0. The predicted molar refractivity (Wildman–Crippen MR) is 145 cm³/mol. The highest BCUT2D eigenvalue weighted by Gasteiger charge is 2.27. The van der Waals surface area contributed by atoms with Crippen molar-refractivity contribution in [1.82, 2.24) is 20.9 Å². The second kappa shape index (κ2) is 13.7. The van der Waals surface area contributed by atoms with Gasteiger partial charge in [-0.2, -0.15) is 0 Å². The van der Waals surface area contributed by atoms with Gasteiger partial charge in [0.25, 0.3) is 0 Å². The van der Waals surface area contributed by atoms with Gasteiger partial charge in [-0.25, -0.2) is 0 Å². The number of likely N-dealkylation sites (N-methyl/N-ethyl adjacent to an activating group) is 1. The van der Waals surface area contributed by atoms with Gasteiger partial charge < -0.3 is 25.6 Å². The summed E-state index contributed by atoms with van der Waals surface area (Å²) in [5, 5.41) is 10.0. The third kappa shape index (κ3) is 8.62. The van der Waals surface area contributed by atoms with Crippen LogP contribution in [0.1, 0.15) is 31.4 Å². The first-order valence-electron chi connectivity index (χ1n) is 12.4. The molecule has 1 aliphatic heterocycles. The molecule has 0 radical (unpaired) electrons. The minimum Gasteiger partial charge on any atom is -0.489 e. The number of halogens is 2. The molecule has 0 spiro atoms. The van der Waals surface area contributed by atoms with Gasteiger partial charge in [-0.3, -0.25) is 14.4 Å². The maximum atomic E-state index is 13.1. The summed E-state index contributed by atoms with van der Waals surface area (Å²) >= 11 is 12.2. The molecule has 0 fully saturated rings. The zero-order chi connectivity index (χ0) is 26.9. The van der Waals surface area contributed by atoms with Crippen molar-refractivity contribution in [2.45, 2.75) is 51.3 Å². The summed E-state index contributed by atoms with van der Waals surface area (Å²) in [7, 11) is 1.57. The van der Waals surface area contributed by atoms with Gasteiger partial charge in [0.05, 0.1) is 6.54 Å². The molecular weight excluding hydrogens is 515 g/mol. The molecule has 2 aromatic rings. The minimum atomic E-state index is -0.813. The highest BCUT2D eigenvalue weighted by Crippen LogP contribution is 2.25. The monoisotopic (exact) mass is 548 g/mol. The van der Waals surface area contributed by atoms with Gasteiger partial charge >= 0.3 is 0 Å². The number of carbonyl (C=O) groups excluding carboxylic acids is 3. The Morgan fingerprint density at radius 2 is 1.70 bits per heavy atom. The third-order valence-corrected chi connectivity index (χ3v) is 6.81. The fraction of sp³-hybridized carbons (Fsp3) is 0.444. The zero-order valence-corrected chi connectivity index (χ0v) is 22.9. The van der Waals surface area contributed by atoms with E-state index in [2.05, 4.69) is 16.0 Å². The van der Waals surface area contributed by atoms with Crippen molar-refractivity contribution in [3.63, 3.8) is 0 Å². The first kappa shape index (κ1) is 28.8. The van der Waals surface area contributed by atoms with Crippen LogP contribution in [-0.2, 0) is 27.2 Å². The molecule has 3 rings (SSSR count). The number of aryl methyl sites for hydroxylation is 1. The molecule has 37 heavy (non-hydrogen) atoms. The standard InChI is InChI=1S/C27H34Cl2N4O4/c1-17-15-30-16-25(34)33(3)18(2)26(35)32-23(13-19-6-9-21(28)10-7-19)27(36)31-12-4-5-20-8-11-22(29)14-24(20)37-17/h6-11,14,17-18,23,30H,4-5,12-13,15-16H2,1-3H3,(H,31,36)(H,32,35)/t17-,18-,23-/m1/s1. The highest BCUT2D eigenvalue weighted by atomic mass is 35.5. The summed E-state index contributed by atoms with van der Waals surface area (Å²) in [6.07, 6.45) is 1.41. The summed E-state index contributed by atoms with van der Waals surface area (Å²) in [6, 6.07) is 11.1. The van der Waals surface area contributed by atoms with Crippen LogP contribution in [-0.4, -0.2) is 67.5 Å². The summed E-state index contributed by atoms with van der Waals surface area (Å²) in [6.45, 7) is 4.43. The first-order valence-corrected chi connectivity index (χ1v) is 13.1. The lowest BCUT2D eigenvalue weighted by Crippen LogP contribution is -2.54. The third-order valence-electron chi connectivity index (χ3n) is 6.33. The van der Waals surface area contributed by atoms with E-state index in [-0.39, 0.29) is 30.9 Å². The van der Waals surface area contributed by atoms with Crippen molar-refractivity contribution >= 4 is 40.9 Å². The summed E-state index contributed by atoms with van der Waals surface area (Å²) in [5.74, 6) is -0.278. The van der Waals surface area contributed by atoms with Crippen LogP contribution < -0.4 is 20.7 Å². The van der Waals surface area contributed by atoms with Crippen molar-refractivity contribution in [3.05, 3.63) is 63.6 Å². The van der Waals surface area contributed by atoms with Crippen LogP contribution >= 0.6 is 23.2 Å². The molecule has 200 valence electrons. The van der Waals surface area contributed by atoms with Crippen molar-refractivity contribution < 1.29 is 19.1 Å². The number of fused-ring (bicyclic) bond motifs is 1. The number of hydrogen-bond donors (Lipinski definition) is 3. The normalized spacial score (nSPS) is 22.7. The number of hydrogen-bond acceptors (Lipinski definition) is 5. The Bertz CT molecular complexity index is 1100. The van der Waals surface area contributed by atoms with Crippen molar-refractivity contribution in [1.29, 1.82) is 0 Å². The highest BCUT2D eigenvalue weighted by molar-refractivity contribution is 6.30. The Balaban J connectivity index is 1.80. The molecule has 10 heteroatoms. The molecule has 3 atom stereocenters. The van der Waals surface area contributed by atoms with E-state index in [9.17, 15) is 14.4 Å². The van der Waals surface area contributed by atoms with Crippen LogP contribution in [0.25, 0.3) is 0 Å². The lowest BCUT2D eigenvalue weighted by molar-refractivity contribution is -0.138. The second-order valence-electron chi connectivity index (χ2n) is 9.28. The van der Waals surface area contributed by atoms with Crippen molar-refractivity contribution in [2.24, 2.45) is 0 Å². The van der Waals surface area contributed by atoms with Crippen LogP contribution in [0.4, 0.5) is 0 Å². The Morgan fingerprint density at radius 3 is 2.43 bits per heavy atom. The number of amides is 3. The Hall–Kier alpha value is -2.81. The maximum Gasteiger partial charge on any atom is 0.243 e. The molecule has 0 saturated carbocycles. The summed E-state index contributed by atoms with van der Waals surface area (Å²) in [4.78, 5) is 40.2. The van der Waals surface area contributed by atoms with Crippen LogP contribution in [0, 0.1) is 0 Å². The maximum absolute atomic E-state index is 13.1. The molecule has 3 N–H and O–H groups in total. The number of benzene rings is 2. The fourth-order valence-electron chi connectivity index (χ4n) is 3.97. The van der Waals surface area contributed by atoms with E-state index in [1.54, 1.807) is 32.2 Å². The van der Waals surface area contributed by atoms with Crippen LogP contribution in [0.15, 0.2) is 42.5 Å². The molecule has 1 aliphatic rings. The molecule has 8 nitrogen and oxygen atoms in total. The molecule has 0 aromatic heterocycles. The summed E-state index contributed by atoms with van der Waals surface area (Å²) in [5.41, 5.74) is 1.83. The molecular formula is C27H34Cl2N4O4. The molecule has 2 aromatic carbocycles. The molecule has 0 aliphatic carbocycles. The van der Waals surface area contributed by atoms with Gasteiger partial charge in [-0.15, -0.1) is 0 Å². The lowest BCUT2D eigenvalue weighted by Gasteiger charge is -2.27. The van der Waals surface area contributed by atoms with Gasteiger partial charge in [0.1, 0.15) is 23.9 Å². The molecule has 3 amide bonds. The van der Waals surface area contributed by atoms with E-state index in [1.807, 2.05) is 31.2 Å². The largest absolute Gasteiger partial charge is 0.489 e. The van der Waals surface area contributed by atoms with Gasteiger partial charge in [-0.1, -0.05) is 41.4 Å². The Kier molecular flexibility index (Phi) is 10.6. The van der Waals surface area contributed by atoms with Crippen molar-refractivity contribution in [2.75, 3.05) is 26.7 Å². The number of rotatable bonds is 2. The van der Waals surface area contributed by atoms with Gasteiger partial charge in [-0.05, 0) is 62.1 Å². The van der Waals surface area contributed by atoms with E-state index in [1.165, 1.54) is 4.90 Å². The molecule has 0 saturated heterocycles. The molecule has 0 bridgehead atoms. The fourth-order valence-corrected chi connectivity index (χ4v) is 4.26. The van der Waals surface area contributed by atoms with Crippen molar-refractivity contribution in [3.8, 4) is 5.75 Å². The minimum absolute atomic E-state index is 0.0406. The SMILES string of the molecule is C[C@@H]1CNCC(=O)N(C)[C@H](C)C(=O)N[C@H](Cc2ccc(Cl)cc2)C(=O)NCCCc2ccc(Cl)cc2O1. The van der Waals surface area contributed by atoms with E-state index >= 15 is 0 Å². The second-order valence-corrected chi connectivity index (χ2v) is 10.2. The van der Waals surface area contributed by atoms with E-state index < -0.39 is 18.0 Å².